The van der Waals surface area contributed by atoms with E-state index in [4.69, 9.17) is 0 Å². The van der Waals surface area contributed by atoms with Crippen molar-refractivity contribution in [3.63, 3.8) is 0 Å². The van der Waals surface area contributed by atoms with Crippen molar-refractivity contribution in [1.82, 2.24) is 5.32 Å². The third kappa shape index (κ3) is 2.86. The van der Waals surface area contributed by atoms with Crippen molar-refractivity contribution >= 4 is 0 Å². The van der Waals surface area contributed by atoms with Crippen LogP contribution < -0.4 is 5.32 Å². The van der Waals surface area contributed by atoms with Crippen LogP contribution in [0, 0.1) is 17.8 Å². The molecule has 3 rings (SSSR count). The summed E-state index contributed by atoms with van der Waals surface area (Å²) in [6, 6.07) is 0.867. The minimum absolute atomic E-state index is 0.867. The maximum atomic E-state index is 3.92. The quantitative estimate of drug-likeness (QED) is 0.755. The molecular weight excluding hydrogens is 206 g/mol. The molecule has 0 aromatic rings. The third-order valence-electron chi connectivity index (χ3n) is 5.76. The summed E-state index contributed by atoms with van der Waals surface area (Å²) in [5.74, 6) is 3.23. The molecule has 0 heterocycles. The number of hydrogen-bond donors (Lipinski definition) is 1. The molecule has 0 bridgehead atoms. The summed E-state index contributed by atoms with van der Waals surface area (Å²) in [7, 11) is 0. The molecule has 3 saturated carbocycles. The fraction of sp³-hybridized carbons (Fsp3) is 1.00. The van der Waals surface area contributed by atoms with Crippen molar-refractivity contribution in [2.75, 3.05) is 6.54 Å². The first-order chi connectivity index (χ1) is 8.43. The molecule has 0 unspecified atom stereocenters. The molecule has 0 aliphatic heterocycles. The number of hydrogen-bond acceptors (Lipinski definition) is 1. The number of rotatable bonds is 5. The highest BCUT2D eigenvalue weighted by Crippen LogP contribution is 2.44. The summed E-state index contributed by atoms with van der Waals surface area (Å²) in [6.07, 6.45) is 16.5. The molecule has 0 amide bonds. The molecule has 1 N–H and O–H groups in total. The first kappa shape index (κ1) is 12.0. The highest BCUT2D eigenvalue weighted by atomic mass is 14.9. The Kier molecular flexibility index (Phi) is 4.05. The molecule has 1 nitrogen and oxygen atoms in total. The normalized spacial score (nSPS) is 28.1. The number of nitrogens with one attached hydrogen (secondary N) is 1. The maximum Gasteiger partial charge on any atom is 0.00671 e. The van der Waals surface area contributed by atoms with Crippen molar-refractivity contribution in [2.24, 2.45) is 17.8 Å². The van der Waals surface area contributed by atoms with Crippen molar-refractivity contribution in [1.29, 1.82) is 0 Å². The summed E-state index contributed by atoms with van der Waals surface area (Å²) in [5.41, 5.74) is 0. The molecule has 17 heavy (non-hydrogen) atoms. The molecule has 3 fully saturated rings. The van der Waals surface area contributed by atoms with E-state index in [9.17, 15) is 0 Å². The van der Waals surface area contributed by atoms with E-state index in [1.807, 2.05) is 0 Å². The van der Waals surface area contributed by atoms with Crippen molar-refractivity contribution in [2.45, 2.75) is 76.7 Å². The van der Waals surface area contributed by atoms with Crippen LogP contribution in [-0.4, -0.2) is 12.6 Å². The Labute approximate surface area is 107 Å². The Morgan fingerprint density at radius 3 is 1.76 bits per heavy atom. The van der Waals surface area contributed by atoms with E-state index >= 15 is 0 Å². The summed E-state index contributed by atoms with van der Waals surface area (Å²) in [6.45, 7) is 1.35. The van der Waals surface area contributed by atoms with Gasteiger partial charge >= 0.3 is 0 Å². The summed E-state index contributed by atoms with van der Waals surface area (Å²) >= 11 is 0. The Balaban J connectivity index is 1.45. The van der Waals surface area contributed by atoms with E-state index in [1.165, 1.54) is 77.2 Å². The SMILES string of the molecule is C1CCC(NCC(C2CCC2)C2CCC2)CC1. The van der Waals surface area contributed by atoms with E-state index in [0.717, 1.165) is 23.8 Å². The first-order valence-corrected chi connectivity index (χ1v) is 8.17. The molecular formula is C16H29N. The molecule has 3 aliphatic carbocycles. The van der Waals surface area contributed by atoms with Crippen LogP contribution in [0.2, 0.25) is 0 Å². The van der Waals surface area contributed by atoms with E-state index < -0.39 is 0 Å². The topological polar surface area (TPSA) is 12.0 Å². The van der Waals surface area contributed by atoms with Crippen LogP contribution in [0.5, 0.6) is 0 Å². The minimum Gasteiger partial charge on any atom is -0.314 e. The fourth-order valence-corrected chi connectivity index (χ4v) is 4.06. The average Bonchev–Trinajstić information content (AvgIpc) is 2.22. The van der Waals surface area contributed by atoms with E-state index in [0.29, 0.717) is 0 Å². The molecule has 0 spiro atoms. The molecule has 98 valence electrons. The van der Waals surface area contributed by atoms with Gasteiger partial charge in [0.15, 0.2) is 0 Å². The van der Waals surface area contributed by atoms with Crippen LogP contribution in [0.3, 0.4) is 0 Å². The maximum absolute atomic E-state index is 3.92. The molecule has 1 heteroatoms. The van der Waals surface area contributed by atoms with Crippen LogP contribution in [0.1, 0.15) is 70.6 Å². The second kappa shape index (κ2) is 5.73. The molecule has 0 saturated heterocycles. The monoisotopic (exact) mass is 235 g/mol. The Morgan fingerprint density at radius 1 is 0.706 bits per heavy atom. The lowest BCUT2D eigenvalue weighted by Gasteiger charge is -2.43. The molecule has 0 aromatic heterocycles. The summed E-state index contributed by atoms with van der Waals surface area (Å²) in [4.78, 5) is 0. The molecule has 0 atom stereocenters. The zero-order valence-corrected chi connectivity index (χ0v) is 11.3. The Hall–Kier alpha value is -0.0400. The van der Waals surface area contributed by atoms with Gasteiger partial charge < -0.3 is 5.32 Å². The van der Waals surface area contributed by atoms with Crippen LogP contribution in [0.15, 0.2) is 0 Å². The molecule has 0 radical (unpaired) electrons. The van der Waals surface area contributed by atoms with Gasteiger partial charge in [0.25, 0.3) is 0 Å². The zero-order chi connectivity index (χ0) is 11.5. The first-order valence-electron chi connectivity index (χ1n) is 8.17. The third-order valence-corrected chi connectivity index (χ3v) is 5.76. The Bertz CT molecular complexity index is 210. The highest BCUT2D eigenvalue weighted by molar-refractivity contribution is 4.88. The van der Waals surface area contributed by atoms with Gasteiger partial charge in [-0.3, -0.25) is 0 Å². The van der Waals surface area contributed by atoms with Gasteiger partial charge in [-0.25, -0.2) is 0 Å². The second-order valence-corrected chi connectivity index (χ2v) is 6.79. The molecule has 3 aliphatic rings. The predicted molar refractivity (Wildman–Crippen MR) is 73.0 cm³/mol. The fourth-order valence-electron chi connectivity index (χ4n) is 4.06. The van der Waals surface area contributed by atoms with E-state index in [-0.39, 0.29) is 0 Å². The van der Waals surface area contributed by atoms with Gasteiger partial charge in [-0.15, -0.1) is 0 Å². The van der Waals surface area contributed by atoms with Crippen LogP contribution in [0.4, 0.5) is 0 Å². The lowest BCUT2D eigenvalue weighted by molar-refractivity contribution is 0.0878. The van der Waals surface area contributed by atoms with Gasteiger partial charge in [-0.05, 0) is 37.1 Å². The Morgan fingerprint density at radius 2 is 1.29 bits per heavy atom. The van der Waals surface area contributed by atoms with Gasteiger partial charge in [-0.1, -0.05) is 57.8 Å². The van der Waals surface area contributed by atoms with Crippen molar-refractivity contribution in [3.8, 4) is 0 Å². The minimum atomic E-state index is 0.867. The van der Waals surface area contributed by atoms with Gasteiger partial charge in [0.05, 0.1) is 0 Å². The van der Waals surface area contributed by atoms with Crippen LogP contribution in [0.25, 0.3) is 0 Å². The zero-order valence-electron chi connectivity index (χ0n) is 11.3. The van der Waals surface area contributed by atoms with E-state index in [1.54, 1.807) is 0 Å². The van der Waals surface area contributed by atoms with Gasteiger partial charge in [0.2, 0.25) is 0 Å². The van der Waals surface area contributed by atoms with Crippen LogP contribution in [-0.2, 0) is 0 Å². The highest BCUT2D eigenvalue weighted by Gasteiger charge is 2.35. The van der Waals surface area contributed by atoms with Crippen LogP contribution >= 0.6 is 0 Å². The summed E-state index contributed by atoms with van der Waals surface area (Å²) < 4.78 is 0. The second-order valence-electron chi connectivity index (χ2n) is 6.79. The molecule has 0 aromatic carbocycles. The van der Waals surface area contributed by atoms with Gasteiger partial charge in [-0.2, -0.15) is 0 Å². The lowest BCUT2D eigenvalue weighted by atomic mass is 9.64. The van der Waals surface area contributed by atoms with Gasteiger partial charge in [0.1, 0.15) is 0 Å². The van der Waals surface area contributed by atoms with Gasteiger partial charge in [0, 0.05) is 6.04 Å². The lowest BCUT2D eigenvalue weighted by Crippen LogP contribution is -2.42. The smallest absolute Gasteiger partial charge is 0.00671 e. The largest absolute Gasteiger partial charge is 0.314 e. The average molecular weight is 235 g/mol. The standard InChI is InChI=1S/C16H29N/c1-2-10-15(11-3-1)17-12-16(13-6-4-7-13)14-8-5-9-14/h13-17H,1-12H2. The summed E-state index contributed by atoms with van der Waals surface area (Å²) in [5, 5.41) is 3.92. The van der Waals surface area contributed by atoms with E-state index in [2.05, 4.69) is 5.32 Å². The van der Waals surface area contributed by atoms with Crippen molar-refractivity contribution < 1.29 is 0 Å². The predicted octanol–water partition coefficient (Wildman–Crippen LogP) is 4.13. The van der Waals surface area contributed by atoms with Crippen molar-refractivity contribution in [3.05, 3.63) is 0 Å².